The zero-order valence-corrected chi connectivity index (χ0v) is 18.0. The molecule has 0 saturated carbocycles. The Morgan fingerprint density at radius 3 is 2.32 bits per heavy atom. The number of allylic oxidation sites excluding steroid dienone is 1. The van der Waals surface area contributed by atoms with Crippen molar-refractivity contribution >= 4 is 28.9 Å². The molecule has 0 aliphatic carbocycles. The number of Topliss-reactive ketones (excluding diaryl/α,β-unsaturated/α-hetero) is 1. The van der Waals surface area contributed by atoms with Crippen LogP contribution in [0, 0.1) is 11.8 Å². The van der Waals surface area contributed by atoms with Crippen molar-refractivity contribution in [3.8, 4) is 0 Å². The van der Waals surface area contributed by atoms with Crippen molar-refractivity contribution in [2.24, 2.45) is 11.8 Å². The van der Waals surface area contributed by atoms with E-state index in [-0.39, 0.29) is 29.7 Å². The molecular weight excluding hydrogens is 388 g/mol. The number of amides is 2. The number of ketones is 1. The van der Waals surface area contributed by atoms with E-state index in [2.05, 4.69) is 6.08 Å². The molecule has 2 aromatic carbocycles. The number of imide groups is 1. The van der Waals surface area contributed by atoms with Crippen molar-refractivity contribution in [3.63, 3.8) is 0 Å². The van der Waals surface area contributed by atoms with Crippen molar-refractivity contribution in [2.75, 3.05) is 4.90 Å². The summed E-state index contributed by atoms with van der Waals surface area (Å²) in [5.74, 6) is -1.67. The summed E-state index contributed by atoms with van der Waals surface area (Å²) in [4.78, 5) is 44.3. The van der Waals surface area contributed by atoms with Crippen LogP contribution in [0.5, 0.6) is 0 Å². The molecule has 2 fully saturated rings. The lowest BCUT2D eigenvalue weighted by molar-refractivity contribution is -0.142. The molecule has 0 N–H and O–H groups in total. The molecule has 5 heteroatoms. The van der Waals surface area contributed by atoms with Crippen LogP contribution in [0.1, 0.15) is 43.1 Å². The summed E-state index contributed by atoms with van der Waals surface area (Å²) in [7, 11) is 0. The van der Waals surface area contributed by atoms with E-state index in [1.54, 1.807) is 12.1 Å². The third kappa shape index (κ3) is 2.72. The molecule has 0 spiro atoms. The van der Waals surface area contributed by atoms with Crippen molar-refractivity contribution in [2.45, 2.75) is 45.3 Å². The van der Waals surface area contributed by atoms with Crippen molar-refractivity contribution in [1.82, 2.24) is 4.90 Å². The highest BCUT2D eigenvalue weighted by atomic mass is 16.2. The number of fused-ring (bicyclic) bond motifs is 5. The second kappa shape index (κ2) is 7.19. The van der Waals surface area contributed by atoms with Crippen molar-refractivity contribution in [3.05, 3.63) is 71.8 Å². The van der Waals surface area contributed by atoms with Crippen LogP contribution >= 0.6 is 0 Å². The zero-order chi connectivity index (χ0) is 21.9. The first-order chi connectivity index (χ1) is 15.0. The largest absolute Gasteiger partial charge is 0.352 e. The van der Waals surface area contributed by atoms with E-state index in [9.17, 15) is 14.4 Å². The van der Waals surface area contributed by atoms with E-state index < -0.39 is 17.9 Å². The van der Waals surface area contributed by atoms with E-state index in [1.165, 1.54) is 4.90 Å². The molecule has 2 saturated heterocycles. The number of hydrogen-bond acceptors (Lipinski definition) is 4. The van der Waals surface area contributed by atoms with E-state index in [1.807, 2.05) is 68.1 Å². The molecule has 31 heavy (non-hydrogen) atoms. The lowest BCUT2D eigenvalue weighted by Gasteiger charge is -2.38. The highest BCUT2D eigenvalue weighted by Crippen LogP contribution is 2.50. The smallest absolute Gasteiger partial charge is 0.236 e. The molecule has 5 atom stereocenters. The van der Waals surface area contributed by atoms with Gasteiger partial charge in [-0.2, -0.15) is 0 Å². The van der Waals surface area contributed by atoms with Gasteiger partial charge in [0.1, 0.15) is 6.04 Å². The lowest BCUT2D eigenvalue weighted by atomic mass is 9.85. The molecule has 2 aromatic rings. The standard InChI is InChI=1S/C26H26N2O3/c1-4-16(3)27-25(30)21-20-14-15(2)18-12-8-9-13-19(18)28(20)23(22(21)26(27)31)24(29)17-10-6-5-7-11-17/h5-14,16,20-23H,4H2,1-3H3/t16-,20+,21+,22-,23+/m1/s1. The number of para-hydroxylation sites is 1. The first-order valence-corrected chi connectivity index (χ1v) is 11.0. The lowest BCUT2D eigenvalue weighted by Crippen LogP contribution is -2.50. The summed E-state index contributed by atoms with van der Waals surface area (Å²) in [5.41, 5.74) is 3.61. The Morgan fingerprint density at radius 2 is 1.61 bits per heavy atom. The predicted octanol–water partition coefficient (Wildman–Crippen LogP) is 3.94. The normalized spacial score (nSPS) is 27.5. The molecule has 3 aliphatic rings. The maximum Gasteiger partial charge on any atom is 0.236 e. The number of carbonyl (C=O) groups is 3. The SMILES string of the molecule is CC[C@@H](C)N1C(=O)[C@@H]2[C@@H](C1=O)[C@@H]1C=C(C)c3ccccc3N1[C@@H]2C(=O)c1ccccc1. The van der Waals surface area contributed by atoms with Gasteiger partial charge in [-0.3, -0.25) is 19.3 Å². The molecule has 5 rings (SSSR count). The second-order valence-electron chi connectivity index (χ2n) is 8.80. The molecular formula is C26H26N2O3. The van der Waals surface area contributed by atoms with Crippen molar-refractivity contribution < 1.29 is 14.4 Å². The van der Waals surface area contributed by atoms with Crippen LogP contribution in [0.3, 0.4) is 0 Å². The van der Waals surface area contributed by atoms with Gasteiger partial charge >= 0.3 is 0 Å². The van der Waals surface area contributed by atoms with Crippen LogP contribution in [0.25, 0.3) is 5.57 Å². The molecule has 3 aliphatic heterocycles. The minimum atomic E-state index is -0.701. The third-order valence-electron chi connectivity index (χ3n) is 7.15. The fraction of sp³-hybridized carbons (Fsp3) is 0.346. The summed E-state index contributed by atoms with van der Waals surface area (Å²) in [5, 5.41) is 0. The first-order valence-electron chi connectivity index (χ1n) is 11.0. The van der Waals surface area contributed by atoms with Gasteiger partial charge in [0.15, 0.2) is 5.78 Å². The Labute approximate surface area is 182 Å². The molecule has 2 amide bonds. The molecule has 0 unspecified atom stereocenters. The molecule has 0 radical (unpaired) electrons. The maximum absolute atomic E-state index is 13.8. The predicted molar refractivity (Wildman–Crippen MR) is 120 cm³/mol. The van der Waals surface area contributed by atoms with E-state index in [4.69, 9.17) is 0 Å². The van der Waals surface area contributed by atoms with Crippen molar-refractivity contribution in [1.29, 1.82) is 0 Å². The number of anilines is 1. The Kier molecular flexibility index (Phi) is 4.58. The minimum absolute atomic E-state index is 0.104. The first kappa shape index (κ1) is 19.7. The number of likely N-dealkylation sites (tertiary alicyclic amines) is 1. The van der Waals surface area contributed by atoms with Gasteiger partial charge in [0, 0.05) is 22.9 Å². The topological polar surface area (TPSA) is 57.7 Å². The number of benzene rings is 2. The minimum Gasteiger partial charge on any atom is -0.352 e. The number of nitrogens with zero attached hydrogens (tertiary/aromatic N) is 2. The summed E-state index contributed by atoms with van der Waals surface area (Å²) in [6.07, 6.45) is 2.77. The van der Waals surface area contributed by atoms with Gasteiger partial charge in [-0.05, 0) is 31.9 Å². The second-order valence-corrected chi connectivity index (χ2v) is 8.80. The van der Waals surface area contributed by atoms with Crippen LogP contribution in [-0.4, -0.2) is 40.6 Å². The quantitative estimate of drug-likeness (QED) is 0.562. The number of carbonyl (C=O) groups excluding carboxylic acids is 3. The van der Waals surface area contributed by atoms with Crippen LogP contribution < -0.4 is 4.90 Å². The van der Waals surface area contributed by atoms with Gasteiger partial charge in [0.25, 0.3) is 0 Å². The van der Waals surface area contributed by atoms with Gasteiger partial charge in [0.05, 0.1) is 17.9 Å². The summed E-state index contributed by atoms with van der Waals surface area (Å²) in [6, 6.07) is 15.9. The molecule has 158 valence electrons. The average molecular weight is 415 g/mol. The fourth-order valence-electron chi connectivity index (χ4n) is 5.51. The van der Waals surface area contributed by atoms with Gasteiger partial charge in [-0.15, -0.1) is 0 Å². The summed E-state index contributed by atoms with van der Waals surface area (Å²) < 4.78 is 0. The van der Waals surface area contributed by atoms with Crippen LogP contribution in [0.2, 0.25) is 0 Å². The number of hydrogen-bond donors (Lipinski definition) is 0. The summed E-state index contributed by atoms with van der Waals surface area (Å²) in [6.45, 7) is 5.91. The average Bonchev–Trinajstić information content (AvgIpc) is 3.26. The number of rotatable bonds is 4. The Bertz CT molecular complexity index is 1110. The van der Waals surface area contributed by atoms with Crippen LogP contribution in [0.15, 0.2) is 60.7 Å². The Hall–Kier alpha value is -3.21. The summed E-state index contributed by atoms with van der Waals surface area (Å²) >= 11 is 0. The highest BCUT2D eigenvalue weighted by molar-refractivity contribution is 6.14. The van der Waals surface area contributed by atoms with E-state index in [0.29, 0.717) is 12.0 Å². The molecule has 0 aromatic heterocycles. The van der Waals surface area contributed by atoms with Gasteiger partial charge < -0.3 is 4.90 Å². The molecule has 3 heterocycles. The van der Waals surface area contributed by atoms with Crippen LogP contribution in [0.4, 0.5) is 5.69 Å². The molecule has 0 bridgehead atoms. The van der Waals surface area contributed by atoms with E-state index >= 15 is 0 Å². The monoisotopic (exact) mass is 414 g/mol. The Morgan fingerprint density at radius 1 is 0.968 bits per heavy atom. The van der Waals surface area contributed by atoms with E-state index in [0.717, 1.165) is 16.8 Å². The zero-order valence-electron chi connectivity index (χ0n) is 18.0. The van der Waals surface area contributed by atoms with Crippen LogP contribution in [-0.2, 0) is 9.59 Å². The third-order valence-corrected chi connectivity index (χ3v) is 7.15. The van der Waals surface area contributed by atoms with Gasteiger partial charge in [0.2, 0.25) is 11.8 Å². The highest BCUT2D eigenvalue weighted by Gasteiger charge is 2.64. The fourth-order valence-corrected chi connectivity index (χ4v) is 5.51. The van der Waals surface area contributed by atoms with Gasteiger partial charge in [-0.1, -0.05) is 61.5 Å². The molecule has 5 nitrogen and oxygen atoms in total. The van der Waals surface area contributed by atoms with Gasteiger partial charge in [-0.25, -0.2) is 0 Å². The Balaban J connectivity index is 1.69. The maximum atomic E-state index is 13.8.